The predicted molar refractivity (Wildman–Crippen MR) is 134 cm³/mol. The second-order valence-electron chi connectivity index (χ2n) is 7.90. The SMILES string of the molecule is COc1ccc(-c2ccc3ncnc(Nc4ccc(-n5nc(C(=O)O)nc5C)cc4)c3c2)cc1OC. The Morgan fingerprint density at radius 1 is 0.917 bits per heavy atom. The van der Waals surface area contributed by atoms with E-state index in [0.29, 0.717) is 28.8 Å². The Bertz CT molecular complexity index is 1580. The summed E-state index contributed by atoms with van der Waals surface area (Å²) in [6.07, 6.45) is 1.52. The molecule has 10 nitrogen and oxygen atoms in total. The molecule has 0 saturated carbocycles. The van der Waals surface area contributed by atoms with Crippen LogP contribution in [0.1, 0.15) is 16.4 Å². The lowest BCUT2D eigenvalue weighted by Crippen LogP contribution is -2.02. The van der Waals surface area contributed by atoms with Crippen molar-refractivity contribution in [2.45, 2.75) is 6.92 Å². The van der Waals surface area contributed by atoms with Gasteiger partial charge < -0.3 is 19.9 Å². The molecule has 0 radical (unpaired) electrons. The van der Waals surface area contributed by atoms with E-state index in [1.165, 1.54) is 11.0 Å². The summed E-state index contributed by atoms with van der Waals surface area (Å²) >= 11 is 0. The first-order chi connectivity index (χ1) is 17.5. The number of nitrogens with one attached hydrogen (secondary N) is 1. The summed E-state index contributed by atoms with van der Waals surface area (Å²) in [5, 5.41) is 17.4. The maximum atomic E-state index is 11.2. The molecule has 0 bridgehead atoms. The van der Waals surface area contributed by atoms with Crippen LogP contribution in [0.15, 0.2) is 67.0 Å². The van der Waals surface area contributed by atoms with E-state index >= 15 is 0 Å². The fourth-order valence-corrected chi connectivity index (χ4v) is 3.90. The van der Waals surface area contributed by atoms with Crippen molar-refractivity contribution in [3.8, 4) is 28.3 Å². The zero-order chi connectivity index (χ0) is 25.2. The molecular weight excluding hydrogens is 460 g/mol. The number of rotatable bonds is 7. The minimum Gasteiger partial charge on any atom is -0.493 e. The first-order valence-corrected chi connectivity index (χ1v) is 11.0. The Morgan fingerprint density at radius 2 is 1.64 bits per heavy atom. The summed E-state index contributed by atoms with van der Waals surface area (Å²) in [5.74, 6) is 1.04. The van der Waals surface area contributed by atoms with Gasteiger partial charge in [-0.25, -0.2) is 24.4 Å². The smallest absolute Gasteiger partial charge is 0.375 e. The zero-order valence-corrected chi connectivity index (χ0v) is 19.8. The largest absolute Gasteiger partial charge is 0.493 e. The number of nitrogens with zero attached hydrogens (tertiary/aromatic N) is 5. The van der Waals surface area contributed by atoms with Crippen LogP contribution in [0.4, 0.5) is 11.5 Å². The van der Waals surface area contributed by atoms with E-state index in [1.54, 1.807) is 21.1 Å². The van der Waals surface area contributed by atoms with E-state index in [9.17, 15) is 4.79 Å². The number of carboxylic acids is 1. The summed E-state index contributed by atoms with van der Waals surface area (Å²) < 4.78 is 12.3. The average Bonchev–Trinajstić information content (AvgIpc) is 3.30. The van der Waals surface area contributed by atoms with Gasteiger partial charge in [-0.15, -0.1) is 5.10 Å². The Kier molecular flexibility index (Phi) is 5.91. The van der Waals surface area contributed by atoms with Gasteiger partial charge in [0.1, 0.15) is 18.0 Å². The highest BCUT2D eigenvalue weighted by molar-refractivity contribution is 5.94. The first-order valence-electron chi connectivity index (χ1n) is 11.0. The number of fused-ring (bicyclic) bond motifs is 1. The van der Waals surface area contributed by atoms with Crippen molar-refractivity contribution >= 4 is 28.4 Å². The molecule has 0 aliphatic rings. The number of aromatic carboxylic acids is 1. The van der Waals surface area contributed by atoms with E-state index in [-0.39, 0.29) is 5.82 Å². The predicted octanol–water partition coefficient (Wildman–Crippen LogP) is 4.64. The Hall–Kier alpha value is -4.99. The van der Waals surface area contributed by atoms with E-state index in [2.05, 4.69) is 25.4 Å². The zero-order valence-electron chi connectivity index (χ0n) is 19.8. The molecule has 0 fully saturated rings. The van der Waals surface area contributed by atoms with E-state index < -0.39 is 5.97 Å². The highest BCUT2D eigenvalue weighted by Gasteiger charge is 2.14. The van der Waals surface area contributed by atoms with E-state index in [1.807, 2.05) is 60.7 Å². The van der Waals surface area contributed by atoms with Crippen molar-refractivity contribution in [1.29, 1.82) is 0 Å². The fraction of sp³-hybridized carbons (Fsp3) is 0.115. The molecule has 3 aromatic carbocycles. The molecule has 180 valence electrons. The number of carbonyl (C=O) groups is 1. The number of carboxylic acid groups (broad SMARTS) is 1. The fourth-order valence-electron chi connectivity index (χ4n) is 3.90. The second-order valence-corrected chi connectivity index (χ2v) is 7.90. The van der Waals surface area contributed by atoms with Crippen LogP contribution in [0.3, 0.4) is 0 Å². The van der Waals surface area contributed by atoms with Gasteiger partial charge in [0.05, 0.1) is 25.4 Å². The highest BCUT2D eigenvalue weighted by atomic mass is 16.5. The third kappa shape index (κ3) is 4.27. The Morgan fingerprint density at radius 3 is 2.33 bits per heavy atom. The van der Waals surface area contributed by atoms with Gasteiger partial charge in [-0.2, -0.15) is 0 Å². The van der Waals surface area contributed by atoms with Crippen molar-refractivity contribution in [2.24, 2.45) is 0 Å². The van der Waals surface area contributed by atoms with Crippen molar-refractivity contribution in [2.75, 3.05) is 19.5 Å². The molecule has 0 unspecified atom stereocenters. The van der Waals surface area contributed by atoms with Crippen LogP contribution in [0.5, 0.6) is 11.5 Å². The van der Waals surface area contributed by atoms with Crippen LogP contribution in [0.25, 0.3) is 27.7 Å². The van der Waals surface area contributed by atoms with Crippen LogP contribution in [0, 0.1) is 6.92 Å². The molecular formula is C26H22N6O4. The van der Waals surface area contributed by atoms with Gasteiger partial charge in [-0.05, 0) is 66.6 Å². The molecule has 0 amide bonds. The monoisotopic (exact) mass is 482 g/mol. The number of aryl methyl sites for hydroxylation is 1. The standard InChI is InChI=1S/C26H22N6O4/c1-15-29-25(26(33)34)31-32(15)19-8-6-18(7-9-19)30-24-20-12-16(4-10-21(20)27-14-28-24)17-5-11-22(35-2)23(13-17)36-3/h4-14H,1-3H3,(H,33,34)(H,27,28,30). The van der Waals surface area contributed by atoms with E-state index in [4.69, 9.17) is 14.6 Å². The first kappa shape index (κ1) is 22.8. The van der Waals surface area contributed by atoms with Gasteiger partial charge in [0, 0.05) is 11.1 Å². The minimum atomic E-state index is -1.17. The quantitative estimate of drug-likeness (QED) is 0.341. The van der Waals surface area contributed by atoms with Gasteiger partial charge in [-0.1, -0.05) is 12.1 Å². The van der Waals surface area contributed by atoms with Crippen LogP contribution >= 0.6 is 0 Å². The third-order valence-electron chi connectivity index (χ3n) is 5.69. The number of hydrogen-bond donors (Lipinski definition) is 2. The maximum absolute atomic E-state index is 11.2. The van der Waals surface area contributed by atoms with E-state index in [0.717, 1.165) is 27.7 Å². The molecule has 2 N–H and O–H groups in total. The summed E-state index contributed by atoms with van der Waals surface area (Å²) in [5.41, 5.74) is 4.24. The van der Waals surface area contributed by atoms with Crippen molar-refractivity contribution in [3.63, 3.8) is 0 Å². The molecule has 0 saturated heterocycles. The lowest BCUT2D eigenvalue weighted by molar-refractivity contribution is 0.0683. The van der Waals surface area contributed by atoms with Crippen molar-refractivity contribution in [1.82, 2.24) is 24.7 Å². The lowest BCUT2D eigenvalue weighted by atomic mass is 10.0. The van der Waals surface area contributed by atoms with Gasteiger partial charge in [0.2, 0.25) is 0 Å². The lowest BCUT2D eigenvalue weighted by Gasteiger charge is -2.12. The molecule has 2 heterocycles. The topological polar surface area (TPSA) is 124 Å². The van der Waals surface area contributed by atoms with Crippen molar-refractivity contribution in [3.05, 3.63) is 78.6 Å². The number of anilines is 2. The van der Waals surface area contributed by atoms with Gasteiger partial charge in [0.25, 0.3) is 5.82 Å². The summed E-state index contributed by atoms with van der Waals surface area (Å²) in [6, 6.07) is 19.1. The molecule has 0 spiro atoms. The van der Waals surface area contributed by atoms with Crippen LogP contribution in [0.2, 0.25) is 0 Å². The molecule has 36 heavy (non-hydrogen) atoms. The van der Waals surface area contributed by atoms with Gasteiger partial charge in [0.15, 0.2) is 11.5 Å². The Labute approximate surface area is 206 Å². The summed E-state index contributed by atoms with van der Waals surface area (Å²) in [7, 11) is 3.22. The number of aromatic nitrogens is 5. The molecule has 0 aliphatic carbocycles. The minimum absolute atomic E-state index is 0.243. The third-order valence-corrected chi connectivity index (χ3v) is 5.69. The van der Waals surface area contributed by atoms with Crippen LogP contribution in [-0.2, 0) is 0 Å². The molecule has 10 heteroatoms. The molecule has 5 aromatic rings. The number of hydrogen-bond acceptors (Lipinski definition) is 8. The molecule has 2 aromatic heterocycles. The van der Waals surface area contributed by atoms with Gasteiger partial charge >= 0.3 is 5.97 Å². The number of methoxy groups -OCH3 is 2. The number of ether oxygens (including phenoxy) is 2. The van der Waals surface area contributed by atoms with Gasteiger partial charge in [-0.3, -0.25) is 0 Å². The summed E-state index contributed by atoms with van der Waals surface area (Å²) in [4.78, 5) is 24.0. The average molecular weight is 483 g/mol. The highest BCUT2D eigenvalue weighted by Crippen LogP contribution is 2.34. The summed E-state index contributed by atoms with van der Waals surface area (Å²) in [6.45, 7) is 1.70. The second kappa shape index (κ2) is 9.34. The Balaban J connectivity index is 1.46. The maximum Gasteiger partial charge on any atom is 0.375 e. The molecule has 0 aliphatic heterocycles. The van der Waals surface area contributed by atoms with Crippen molar-refractivity contribution < 1.29 is 19.4 Å². The normalized spacial score (nSPS) is 10.9. The molecule has 0 atom stereocenters. The van der Waals surface area contributed by atoms with Crippen LogP contribution < -0.4 is 14.8 Å². The number of benzene rings is 3. The molecule has 5 rings (SSSR count). The van der Waals surface area contributed by atoms with Crippen LogP contribution in [-0.4, -0.2) is 50.0 Å².